The Balaban J connectivity index is 1.39. The summed E-state index contributed by atoms with van der Waals surface area (Å²) in [4.78, 5) is 52.3. The zero-order chi connectivity index (χ0) is 23.5. The Labute approximate surface area is 190 Å². The van der Waals surface area contributed by atoms with E-state index in [2.05, 4.69) is 20.6 Å². The van der Waals surface area contributed by atoms with Gasteiger partial charge in [0.2, 0.25) is 5.91 Å². The van der Waals surface area contributed by atoms with E-state index in [0.29, 0.717) is 13.1 Å². The first kappa shape index (κ1) is 21.6. The van der Waals surface area contributed by atoms with Crippen LogP contribution in [0.25, 0.3) is 0 Å². The summed E-state index contributed by atoms with van der Waals surface area (Å²) < 4.78 is 0. The van der Waals surface area contributed by atoms with Gasteiger partial charge in [0.25, 0.3) is 0 Å². The molecule has 5 aliphatic rings. The molecule has 5 amide bonds. The number of amides is 5. The van der Waals surface area contributed by atoms with Crippen molar-refractivity contribution in [2.24, 2.45) is 21.5 Å². The molecular weight excluding hydrogens is 432 g/mol. The van der Waals surface area contributed by atoms with E-state index < -0.39 is 35.9 Å². The van der Waals surface area contributed by atoms with Crippen molar-refractivity contribution in [2.45, 2.75) is 49.2 Å². The van der Waals surface area contributed by atoms with Gasteiger partial charge in [0.1, 0.15) is 18.7 Å². The maximum absolute atomic E-state index is 12.8. The number of nitrogens with zero attached hydrogens (tertiary/aromatic N) is 6. The second-order valence-corrected chi connectivity index (χ2v) is 9.27. The molecule has 0 bridgehead atoms. The number of hydrogen-bond donors (Lipinski definition) is 5. The molecule has 14 nitrogen and oxygen atoms in total. The van der Waals surface area contributed by atoms with Gasteiger partial charge in [0.05, 0.1) is 18.6 Å². The minimum Gasteiger partial charge on any atom is -0.386 e. The summed E-state index contributed by atoms with van der Waals surface area (Å²) in [6.45, 7) is 1.51. The lowest BCUT2D eigenvalue weighted by atomic mass is 9.87. The number of aliphatic hydroxyl groups excluding tert-OH is 1. The monoisotopic (exact) mass is 462 g/mol. The zero-order valence-electron chi connectivity index (χ0n) is 18.5. The van der Waals surface area contributed by atoms with E-state index in [9.17, 15) is 19.5 Å². The summed E-state index contributed by atoms with van der Waals surface area (Å²) in [5, 5.41) is 17.4. The van der Waals surface area contributed by atoms with Gasteiger partial charge in [-0.2, -0.15) is 0 Å². The molecule has 5 atom stereocenters. The third kappa shape index (κ3) is 3.22. The van der Waals surface area contributed by atoms with E-state index in [4.69, 9.17) is 11.5 Å². The SMILES string of the molecule is CN1CC(=O)N(C[C@@H]2N=C(N)N3CC(NC(=O)N4CCCCC4)C(O)C34NC(N)=NC24)C1=O. The van der Waals surface area contributed by atoms with Crippen LogP contribution in [0, 0.1) is 0 Å². The lowest BCUT2D eigenvalue weighted by Gasteiger charge is -2.46. The number of guanidine groups is 2. The molecule has 0 aliphatic carbocycles. The molecule has 0 aromatic heterocycles. The first-order valence-electron chi connectivity index (χ1n) is 11.2. The highest BCUT2D eigenvalue weighted by molar-refractivity contribution is 6.02. The van der Waals surface area contributed by atoms with E-state index in [1.807, 2.05) is 0 Å². The highest BCUT2D eigenvalue weighted by Gasteiger charge is 2.66. The zero-order valence-corrected chi connectivity index (χ0v) is 18.5. The molecule has 0 aromatic carbocycles. The summed E-state index contributed by atoms with van der Waals surface area (Å²) in [7, 11) is 1.55. The van der Waals surface area contributed by atoms with Crippen molar-refractivity contribution in [2.75, 3.05) is 39.8 Å². The average Bonchev–Trinajstić information content (AvgIpc) is 3.37. The highest BCUT2D eigenvalue weighted by atomic mass is 16.3. The van der Waals surface area contributed by atoms with Crippen LogP contribution in [-0.4, -0.2) is 124 Å². The number of aliphatic hydroxyl groups is 1. The Morgan fingerprint density at radius 1 is 1.24 bits per heavy atom. The fourth-order valence-electron chi connectivity index (χ4n) is 5.57. The molecular formula is C19H30N10O4. The van der Waals surface area contributed by atoms with Crippen LogP contribution < -0.4 is 22.1 Å². The summed E-state index contributed by atoms with van der Waals surface area (Å²) in [6.07, 6.45) is 1.89. The molecule has 7 N–H and O–H groups in total. The van der Waals surface area contributed by atoms with Gasteiger partial charge in [-0.05, 0) is 19.3 Å². The van der Waals surface area contributed by atoms with Crippen molar-refractivity contribution in [3.8, 4) is 0 Å². The predicted octanol–water partition coefficient (Wildman–Crippen LogP) is -3.20. The van der Waals surface area contributed by atoms with Crippen LogP contribution in [-0.2, 0) is 4.79 Å². The van der Waals surface area contributed by atoms with Crippen molar-refractivity contribution in [1.29, 1.82) is 0 Å². The second kappa shape index (κ2) is 7.64. The molecule has 1 spiro atoms. The van der Waals surface area contributed by atoms with Gasteiger partial charge in [-0.3, -0.25) is 9.69 Å². The van der Waals surface area contributed by atoms with Gasteiger partial charge in [0, 0.05) is 26.7 Å². The number of likely N-dealkylation sites (tertiary alicyclic amines) is 1. The number of imide groups is 1. The van der Waals surface area contributed by atoms with Crippen molar-refractivity contribution in [3.63, 3.8) is 0 Å². The molecule has 3 fully saturated rings. The Morgan fingerprint density at radius 2 is 1.97 bits per heavy atom. The predicted molar refractivity (Wildman–Crippen MR) is 117 cm³/mol. The summed E-state index contributed by atoms with van der Waals surface area (Å²) >= 11 is 0. The van der Waals surface area contributed by atoms with Crippen LogP contribution in [0.5, 0.6) is 0 Å². The smallest absolute Gasteiger partial charge is 0.327 e. The maximum Gasteiger partial charge on any atom is 0.327 e. The quantitative estimate of drug-likeness (QED) is 0.271. The normalized spacial score (nSPS) is 35.8. The Hall–Kier alpha value is -3.29. The van der Waals surface area contributed by atoms with Crippen LogP contribution in [0.2, 0.25) is 0 Å². The first-order valence-corrected chi connectivity index (χ1v) is 11.2. The first-order chi connectivity index (χ1) is 15.7. The van der Waals surface area contributed by atoms with E-state index in [-0.39, 0.29) is 43.5 Å². The van der Waals surface area contributed by atoms with Crippen LogP contribution in [0.4, 0.5) is 9.59 Å². The number of carbonyl (C=O) groups is 3. The van der Waals surface area contributed by atoms with E-state index in [1.54, 1.807) is 16.8 Å². The number of nitrogens with one attached hydrogen (secondary N) is 2. The number of urea groups is 2. The minimum atomic E-state index is -1.24. The topological polar surface area (TPSA) is 185 Å². The molecule has 0 aromatic rings. The Morgan fingerprint density at radius 3 is 2.64 bits per heavy atom. The van der Waals surface area contributed by atoms with Crippen molar-refractivity contribution >= 4 is 29.9 Å². The lowest BCUT2D eigenvalue weighted by molar-refractivity contribution is -0.125. The third-order valence-electron chi connectivity index (χ3n) is 7.21. The summed E-state index contributed by atoms with van der Waals surface area (Å²) in [5.41, 5.74) is 11.1. The van der Waals surface area contributed by atoms with E-state index in [1.165, 1.54) is 4.90 Å². The molecule has 0 radical (unpaired) electrons. The van der Waals surface area contributed by atoms with Gasteiger partial charge in [-0.25, -0.2) is 19.6 Å². The molecule has 14 heteroatoms. The second-order valence-electron chi connectivity index (χ2n) is 9.27. The fraction of sp³-hybridized carbons (Fsp3) is 0.737. The molecule has 180 valence electrons. The summed E-state index contributed by atoms with van der Waals surface area (Å²) in [5.74, 6) is -0.123. The van der Waals surface area contributed by atoms with Crippen LogP contribution in [0.15, 0.2) is 9.98 Å². The average molecular weight is 463 g/mol. The van der Waals surface area contributed by atoms with Gasteiger partial charge in [-0.1, -0.05) is 0 Å². The number of carbonyl (C=O) groups excluding carboxylic acids is 3. The van der Waals surface area contributed by atoms with Crippen molar-refractivity contribution in [3.05, 3.63) is 0 Å². The number of aliphatic imine (C=N–C) groups is 2. The van der Waals surface area contributed by atoms with Crippen LogP contribution in [0.1, 0.15) is 19.3 Å². The number of nitrogens with two attached hydrogens (primary N) is 2. The fourth-order valence-corrected chi connectivity index (χ4v) is 5.57. The van der Waals surface area contributed by atoms with Gasteiger partial charge in [0.15, 0.2) is 17.6 Å². The van der Waals surface area contributed by atoms with Gasteiger partial charge < -0.3 is 41.9 Å². The molecule has 5 heterocycles. The van der Waals surface area contributed by atoms with Gasteiger partial charge in [-0.15, -0.1) is 0 Å². The third-order valence-corrected chi connectivity index (χ3v) is 7.21. The summed E-state index contributed by atoms with van der Waals surface area (Å²) in [6, 6.07) is -2.73. The largest absolute Gasteiger partial charge is 0.386 e. The minimum absolute atomic E-state index is 0.0103. The molecule has 5 aliphatic heterocycles. The number of hydrogen-bond acceptors (Lipinski definition) is 10. The molecule has 3 saturated heterocycles. The van der Waals surface area contributed by atoms with E-state index >= 15 is 0 Å². The van der Waals surface area contributed by atoms with Crippen LogP contribution in [0.3, 0.4) is 0 Å². The van der Waals surface area contributed by atoms with Gasteiger partial charge >= 0.3 is 12.1 Å². The van der Waals surface area contributed by atoms with E-state index in [0.717, 1.165) is 24.2 Å². The number of piperidine rings is 1. The number of likely N-dealkylation sites (N-methyl/N-ethyl adjacent to an activating group) is 1. The van der Waals surface area contributed by atoms with Crippen molar-refractivity contribution in [1.82, 2.24) is 30.2 Å². The Kier molecular flexibility index (Phi) is 4.99. The number of rotatable bonds is 3. The maximum atomic E-state index is 12.8. The molecule has 4 unspecified atom stereocenters. The Bertz CT molecular complexity index is 934. The highest BCUT2D eigenvalue weighted by Crippen LogP contribution is 2.40. The van der Waals surface area contributed by atoms with Crippen LogP contribution >= 0.6 is 0 Å². The lowest BCUT2D eigenvalue weighted by Crippen LogP contribution is -2.73. The van der Waals surface area contributed by atoms with Crippen molar-refractivity contribution < 1.29 is 19.5 Å². The molecule has 0 saturated carbocycles. The molecule has 5 rings (SSSR count). The molecule has 33 heavy (non-hydrogen) atoms. The standard InChI is InChI=1S/C19H30N10O4/c1-26-9-12(30)28(18(26)33)7-10-13-19(25-15(20)24-13)14(31)11(8-29(19)16(21)22-10)23-17(32)27-5-3-2-4-6-27/h10-11,13-14,31H,2-9H2,1H3,(H2,21,22)(H,23,32)(H3,20,24,25)/t10-,11?,13?,14?,19?/m0/s1.